The molecule has 1 amide bonds. The highest BCUT2D eigenvalue weighted by Crippen LogP contribution is 2.20. The summed E-state index contributed by atoms with van der Waals surface area (Å²) in [4.78, 5) is 14.2. The second-order valence-electron chi connectivity index (χ2n) is 5.41. The molecular weight excluding hydrogens is 318 g/mol. The van der Waals surface area contributed by atoms with Gasteiger partial charge in [-0.1, -0.05) is 12.1 Å². The molecule has 1 aliphatic heterocycles. The Morgan fingerprint density at radius 2 is 2.05 bits per heavy atom. The van der Waals surface area contributed by atoms with E-state index in [0.717, 1.165) is 29.8 Å². The average Bonchev–Trinajstić information content (AvgIpc) is 2.44. The number of para-hydroxylation sites is 1. The zero-order valence-electron chi connectivity index (χ0n) is 11.9. The molecule has 1 aromatic carbocycles. The molecule has 20 heavy (non-hydrogen) atoms. The molecule has 1 heterocycles. The number of anilines is 1. The maximum absolute atomic E-state index is 11.9. The Hall–Kier alpha value is -0.910. The summed E-state index contributed by atoms with van der Waals surface area (Å²) in [7, 11) is 2.16. The smallest absolute Gasteiger partial charge is 0.238 e. The van der Waals surface area contributed by atoms with Gasteiger partial charge in [-0.05, 0) is 73.5 Å². The summed E-state index contributed by atoms with van der Waals surface area (Å²) >= 11 is 3.42. The van der Waals surface area contributed by atoms with Crippen LogP contribution in [0.2, 0.25) is 0 Å². The van der Waals surface area contributed by atoms with E-state index in [1.54, 1.807) is 0 Å². The first-order valence-corrected chi connectivity index (χ1v) is 7.88. The summed E-state index contributed by atoms with van der Waals surface area (Å²) in [5, 5.41) is 6.16. The minimum Gasteiger partial charge on any atom is -0.324 e. The number of hydrogen-bond donors (Lipinski definition) is 2. The zero-order valence-corrected chi connectivity index (χ0v) is 13.4. The van der Waals surface area contributed by atoms with Gasteiger partial charge in [0.1, 0.15) is 0 Å². The van der Waals surface area contributed by atoms with E-state index in [4.69, 9.17) is 0 Å². The Balaban J connectivity index is 1.67. The molecule has 2 rings (SSSR count). The SMILES string of the molecule is CN1CCC(CNCC(=O)Nc2ccccc2Br)CC1. The van der Waals surface area contributed by atoms with Gasteiger partial charge in [0.25, 0.3) is 0 Å². The number of amides is 1. The molecule has 1 aliphatic rings. The topological polar surface area (TPSA) is 44.4 Å². The Kier molecular flexibility index (Phi) is 6.01. The third kappa shape index (κ3) is 4.89. The lowest BCUT2D eigenvalue weighted by Gasteiger charge is -2.28. The van der Waals surface area contributed by atoms with Gasteiger partial charge in [0.2, 0.25) is 5.91 Å². The summed E-state index contributed by atoms with van der Waals surface area (Å²) in [5.41, 5.74) is 0.818. The molecule has 0 unspecified atom stereocenters. The third-order valence-corrected chi connectivity index (χ3v) is 4.40. The molecular formula is C15H22BrN3O. The minimum absolute atomic E-state index is 0.00447. The van der Waals surface area contributed by atoms with Crippen LogP contribution in [0.4, 0.5) is 5.69 Å². The van der Waals surface area contributed by atoms with E-state index >= 15 is 0 Å². The fraction of sp³-hybridized carbons (Fsp3) is 0.533. The second-order valence-corrected chi connectivity index (χ2v) is 6.26. The maximum Gasteiger partial charge on any atom is 0.238 e. The van der Waals surface area contributed by atoms with Crippen molar-refractivity contribution in [1.29, 1.82) is 0 Å². The van der Waals surface area contributed by atoms with E-state index in [0.29, 0.717) is 12.5 Å². The van der Waals surface area contributed by atoms with Crippen LogP contribution in [0.3, 0.4) is 0 Å². The van der Waals surface area contributed by atoms with Gasteiger partial charge in [-0.3, -0.25) is 4.79 Å². The highest BCUT2D eigenvalue weighted by molar-refractivity contribution is 9.10. The van der Waals surface area contributed by atoms with E-state index in [9.17, 15) is 4.79 Å². The molecule has 0 spiro atoms. The standard InChI is InChI=1S/C15H22BrN3O/c1-19-8-6-12(7-9-19)10-17-11-15(20)18-14-5-3-2-4-13(14)16/h2-5,12,17H,6-11H2,1H3,(H,18,20). The highest BCUT2D eigenvalue weighted by Gasteiger charge is 2.16. The predicted octanol–water partition coefficient (Wildman–Crippen LogP) is 2.32. The molecule has 0 bridgehead atoms. The number of nitrogens with zero attached hydrogens (tertiary/aromatic N) is 1. The second kappa shape index (κ2) is 7.76. The lowest BCUT2D eigenvalue weighted by molar-refractivity contribution is -0.115. The molecule has 4 nitrogen and oxygen atoms in total. The van der Waals surface area contributed by atoms with Crippen molar-refractivity contribution in [1.82, 2.24) is 10.2 Å². The number of piperidine rings is 1. The van der Waals surface area contributed by atoms with Gasteiger partial charge in [0.15, 0.2) is 0 Å². The normalized spacial score (nSPS) is 17.1. The van der Waals surface area contributed by atoms with Crippen molar-refractivity contribution >= 4 is 27.5 Å². The van der Waals surface area contributed by atoms with Crippen molar-refractivity contribution in [3.05, 3.63) is 28.7 Å². The number of carbonyl (C=O) groups excluding carboxylic acids is 1. The molecule has 0 radical (unpaired) electrons. The highest BCUT2D eigenvalue weighted by atomic mass is 79.9. The average molecular weight is 340 g/mol. The van der Waals surface area contributed by atoms with Gasteiger partial charge in [-0.25, -0.2) is 0 Å². The molecule has 5 heteroatoms. The van der Waals surface area contributed by atoms with Crippen LogP contribution < -0.4 is 10.6 Å². The summed E-state index contributed by atoms with van der Waals surface area (Å²) in [6, 6.07) is 7.64. The Labute approximate surface area is 129 Å². The largest absolute Gasteiger partial charge is 0.324 e. The van der Waals surface area contributed by atoms with Gasteiger partial charge < -0.3 is 15.5 Å². The first kappa shape index (κ1) is 15.5. The monoisotopic (exact) mass is 339 g/mol. The van der Waals surface area contributed by atoms with Crippen molar-refractivity contribution in [2.24, 2.45) is 5.92 Å². The zero-order chi connectivity index (χ0) is 14.4. The van der Waals surface area contributed by atoms with Crippen molar-refractivity contribution in [3.8, 4) is 0 Å². The molecule has 0 aliphatic carbocycles. The van der Waals surface area contributed by atoms with Crippen molar-refractivity contribution in [2.75, 3.05) is 38.5 Å². The minimum atomic E-state index is 0.00447. The summed E-state index contributed by atoms with van der Waals surface area (Å²) < 4.78 is 0.906. The molecule has 0 aromatic heterocycles. The van der Waals surface area contributed by atoms with Crippen molar-refractivity contribution < 1.29 is 4.79 Å². The number of hydrogen-bond acceptors (Lipinski definition) is 3. The Morgan fingerprint density at radius 1 is 1.35 bits per heavy atom. The van der Waals surface area contributed by atoms with Gasteiger partial charge in [-0.15, -0.1) is 0 Å². The van der Waals surface area contributed by atoms with Crippen molar-refractivity contribution in [2.45, 2.75) is 12.8 Å². The summed E-state index contributed by atoms with van der Waals surface area (Å²) in [6.07, 6.45) is 2.44. The number of halogens is 1. The third-order valence-electron chi connectivity index (χ3n) is 3.70. The van der Waals surface area contributed by atoms with E-state index in [1.165, 1.54) is 12.8 Å². The van der Waals surface area contributed by atoms with E-state index in [-0.39, 0.29) is 5.91 Å². The summed E-state index contributed by atoms with van der Waals surface area (Å²) in [5.74, 6) is 0.701. The fourth-order valence-corrected chi connectivity index (χ4v) is 2.80. The number of nitrogens with one attached hydrogen (secondary N) is 2. The first-order valence-electron chi connectivity index (χ1n) is 7.09. The lowest BCUT2D eigenvalue weighted by atomic mass is 9.97. The van der Waals surface area contributed by atoms with Crippen LogP contribution >= 0.6 is 15.9 Å². The number of rotatable bonds is 5. The van der Waals surface area contributed by atoms with Crippen LogP contribution in [-0.4, -0.2) is 44.0 Å². The number of likely N-dealkylation sites (tertiary alicyclic amines) is 1. The predicted molar refractivity (Wildman–Crippen MR) is 85.9 cm³/mol. The molecule has 2 N–H and O–H groups in total. The van der Waals surface area contributed by atoms with Crippen LogP contribution in [0.1, 0.15) is 12.8 Å². The van der Waals surface area contributed by atoms with E-state index in [1.807, 2.05) is 24.3 Å². The molecule has 1 aromatic rings. The number of benzene rings is 1. The van der Waals surface area contributed by atoms with E-state index < -0.39 is 0 Å². The van der Waals surface area contributed by atoms with Crippen LogP contribution in [0.5, 0.6) is 0 Å². The first-order chi connectivity index (χ1) is 9.65. The molecule has 0 atom stereocenters. The van der Waals surface area contributed by atoms with Gasteiger partial charge in [0.05, 0.1) is 12.2 Å². The lowest BCUT2D eigenvalue weighted by Crippen LogP contribution is -2.37. The van der Waals surface area contributed by atoms with Crippen LogP contribution in [0.15, 0.2) is 28.7 Å². The summed E-state index contributed by atoms with van der Waals surface area (Å²) in [6.45, 7) is 3.62. The van der Waals surface area contributed by atoms with Crippen molar-refractivity contribution in [3.63, 3.8) is 0 Å². The Bertz CT molecular complexity index is 444. The maximum atomic E-state index is 11.9. The molecule has 1 fully saturated rings. The van der Waals surface area contributed by atoms with Crippen LogP contribution in [0, 0.1) is 5.92 Å². The quantitative estimate of drug-likeness (QED) is 0.865. The van der Waals surface area contributed by atoms with Gasteiger partial charge >= 0.3 is 0 Å². The molecule has 1 saturated heterocycles. The van der Waals surface area contributed by atoms with E-state index in [2.05, 4.69) is 38.5 Å². The number of carbonyl (C=O) groups is 1. The Morgan fingerprint density at radius 3 is 2.75 bits per heavy atom. The van der Waals surface area contributed by atoms with Gasteiger partial charge in [-0.2, -0.15) is 0 Å². The van der Waals surface area contributed by atoms with Crippen LogP contribution in [0.25, 0.3) is 0 Å². The fourth-order valence-electron chi connectivity index (χ4n) is 2.41. The molecule has 110 valence electrons. The molecule has 0 saturated carbocycles. The van der Waals surface area contributed by atoms with Gasteiger partial charge in [0, 0.05) is 4.47 Å². The van der Waals surface area contributed by atoms with Crippen LogP contribution in [-0.2, 0) is 4.79 Å².